The number of carboxylic acids is 1. The van der Waals surface area contributed by atoms with Gasteiger partial charge in [-0.25, -0.2) is 0 Å². The molecule has 1 aromatic carbocycles. The second-order valence-corrected chi connectivity index (χ2v) is 4.44. The van der Waals surface area contributed by atoms with Crippen molar-refractivity contribution in [1.82, 2.24) is 4.90 Å². The molecule has 1 amide bonds. The lowest BCUT2D eigenvalue weighted by Crippen LogP contribution is -2.40. The highest BCUT2D eigenvalue weighted by molar-refractivity contribution is 5.94. The molecule has 0 aromatic heterocycles. The minimum absolute atomic E-state index is 0.124. The molecule has 1 saturated heterocycles. The molecule has 0 bridgehead atoms. The maximum atomic E-state index is 12.6. The fourth-order valence-corrected chi connectivity index (χ4v) is 1.92. The van der Waals surface area contributed by atoms with Gasteiger partial charge in [0.15, 0.2) is 0 Å². The van der Waals surface area contributed by atoms with Crippen molar-refractivity contribution in [1.29, 1.82) is 0 Å². The number of nitrogens with zero attached hydrogens (tertiary/aromatic N) is 1. The van der Waals surface area contributed by atoms with Crippen LogP contribution in [-0.4, -0.2) is 34.9 Å². The standard InChI is InChI=1S/C15H19NO3/c1-2-11-3-5-12(6-4-11)14(17)16-9-7-13(8-10-16)15(18)19/h3-6,13H,2,7-10H2,1H3,(H,18,19)/i7D2,9D2. The Labute approximate surface area is 118 Å². The van der Waals surface area contributed by atoms with Crippen molar-refractivity contribution in [3.8, 4) is 0 Å². The Morgan fingerprint density at radius 2 is 2.11 bits per heavy atom. The zero-order chi connectivity index (χ0) is 17.4. The van der Waals surface area contributed by atoms with Crippen molar-refractivity contribution in [2.45, 2.75) is 26.1 Å². The Morgan fingerprint density at radius 1 is 1.42 bits per heavy atom. The summed E-state index contributed by atoms with van der Waals surface area (Å²) in [5.74, 6) is -3.51. The average Bonchev–Trinajstić information content (AvgIpc) is 2.49. The van der Waals surface area contributed by atoms with Gasteiger partial charge in [-0.2, -0.15) is 0 Å². The van der Waals surface area contributed by atoms with Crippen LogP contribution in [0.4, 0.5) is 0 Å². The first-order chi connectivity index (χ1) is 10.6. The van der Waals surface area contributed by atoms with Crippen molar-refractivity contribution in [2.75, 3.05) is 13.0 Å². The Kier molecular flexibility index (Phi) is 2.82. The van der Waals surface area contributed by atoms with E-state index in [1.807, 2.05) is 6.92 Å². The summed E-state index contributed by atoms with van der Waals surface area (Å²) in [4.78, 5) is 24.5. The van der Waals surface area contributed by atoms with Gasteiger partial charge in [0.2, 0.25) is 0 Å². The Balaban J connectivity index is 2.32. The highest BCUT2D eigenvalue weighted by atomic mass is 16.4. The largest absolute Gasteiger partial charge is 0.481 e. The third kappa shape index (κ3) is 3.13. The van der Waals surface area contributed by atoms with Crippen LogP contribution in [0.15, 0.2) is 24.3 Å². The van der Waals surface area contributed by atoms with Crippen LogP contribution in [0.3, 0.4) is 0 Å². The number of rotatable bonds is 3. The fraction of sp³-hybridized carbons (Fsp3) is 0.467. The second-order valence-electron chi connectivity index (χ2n) is 4.44. The summed E-state index contributed by atoms with van der Waals surface area (Å²) in [6.07, 6.45) is -1.99. The molecule has 2 rings (SSSR count). The van der Waals surface area contributed by atoms with Crippen LogP contribution < -0.4 is 0 Å². The normalized spacial score (nSPS) is 27.6. The smallest absolute Gasteiger partial charge is 0.306 e. The Hall–Kier alpha value is -1.84. The van der Waals surface area contributed by atoms with Gasteiger partial charge in [-0.3, -0.25) is 9.59 Å². The van der Waals surface area contributed by atoms with E-state index >= 15 is 0 Å². The lowest BCUT2D eigenvalue weighted by atomic mass is 9.96. The van der Waals surface area contributed by atoms with Crippen molar-refractivity contribution in [2.24, 2.45) is 5.92 Å². The van der Waals surface area contributed by atoms with Gasteiger partial charge in [0, 0.05) is 24.1 Å². The first-order valence-corrected chi connectivity index (χ1v) is 6.26. The number of hydrogen-bond acceptors (Lipinski definition) is 2. The van der Waals surface area contributed by atoms with E-state index in [-0.39, 0.29) is 18.5 Å². The highest BCUT2D eigenvalue weighted by Gasteiger charge is 2.27. The molecular weight excluding hydrogens is 242 g/mol. The van der Waals surface area contributed by atoms with E-state index in [9.17, 15) is 9.59 Å². The third-order valence-electron chi connectivity index (χ3n) is 3.17. The number of hydrogen-bond donors (Lipinski definition) is 1. The summed E-state index contributed by atoms with van der Waals surface area (Å²) >= 11 is 0. The van der Waals surface area contributed by atoms with Gasteiger partial charge in [-0.1, -0.05) is 19.1 Å². The van der Waals surface area contributed by atoms with Crippen LogP contribution in [0.25, 0.3) is 0 Å². The van der Waals surface area contributed by atoms with Crippen molar-refractivity contribution in [3.63, 3.8) is 0 Å². The quantitative estimate of drug-likeness (QED) is 0.911. The molecular formula is C15H19NO3. The van der Waals surface area contributed by atoms with Crippen molar-refractivity contribution in [3.05, 3.63) is 35.4 Å². The molecule has 1 fully saturated rings. The molecule has 1 N–H and O–H groups in total. The summed E-state index contributed by atoms with van der Waals surface area (Å²) in [5, 5.41) is 9.10. The SMILES string of the molecule is [2H]C1([2H])C(C(=O)O)CCN(C(=O)c2ccc(CC)cc2)C1([2H])[2H]. The van der Waals surface area contributed by atoms with Crippen LogP contribution in [0.2, 0.25) is 0 Å². The third-order valence-corrected chi connectivity index (χ3v) is 3.17. The first-order valence-electron chi connectivity index (χ1n) is 8.26. The highest BCUT2D eigenvalue weighted by Crippen LogP contribution is 2.19. The summed E-state index contributed by atoms with van der Waals surface area (Å²) < 4.78 is 31.8. The van der Waals surface area contributed by atoms with Gasteiger partial charge in [0.05, 0.1) is 5.92 Å². The number of aryl methyl sites for hydroxylation is 1. The molecule has 0 saturated carbocycles. The van der Waals surface area contributed by atoms with Crippen LogP contribution in [0.1, 0.15) is 41.1 Å². The van der Waals surface area contributed by atoms with E-state index in [1.54, 1.807) is 24.3 Å². The minimum atomic E-state index is -2.70. The van der Waals surface area contributed by atoms with Crippen LogP contribution >= 0.6 is 0 Å². The van der Waals surface area contributed by atoms with Gasteiger partial charge in [-0.05, 0) is 36.9 Å². The molecule has 102 valence electrons. The van der Waals surface area contributed by atoms with Crippen LogP contribution in [0, 0.1) is 5.92 Å². The van der Waals surface area contributed by atoms with E-state index in [2.05, 4.69) is 0 Å². The molecule has 1 aliphatic rings. The van der Waals surface area contributed by atoms with Gasteiger partial charge in [-0.15, -0.1) is 0 Å². The summed E-state index contributed by atoms with van der Waals surface area (Å²) in [6.45, 7) is -0.868. The molecule has 1 heterocycles. The van der Waals surface area contributed by atoms with E-state index in [4.69, 9.17) is 10.6 Å². The number of carbonyl (C=O) groups excluding carboxylic acids is 1. The molecule has 1 aliphatic heterocycles. The number of carbonyl (C=O) groups is 2. The van der Waals surface area contributed by atoms with E-state index < -0.39 is 30.7 Å². The van der Waals surface area contributed by atoms with Crippen molar-refractivity contribution < 1.29 is 20.2 Å². The monoisotopic (exact) mass is 265 g/mol. The van der Waals surface area contributed by atoms with Crippen LogP contribution in [-0.2, 0) is 11.2 Å². The summed E-state index contributed by atoms with van der Waals surface area (Å²) in [5.41, 5.74) is 1.29. The average molecular weight is 265 g/mol. The number of likely N-dealkylation sites (tertiary alicyclic amines) is 1. The fourth-order valence-electron chi connectivity index (χ4n) is 1.92. The number of benzene rings is 1. The number of aliphatic carboxylic acids is 1. The Bertz CT molecular complexity index is 616. The van der Waals surface area contributed by atoms with Crippen molar-refractivity contribution >= 4 is 11.9 Å². The van der Waals surface area contributed by atoms with E-state index in [0.29, 0.717) is 0 Å². The van der Waals surface area contributed by atoms with Gasteiger partial charge < -0.3 is 10.0 Å². The molecule has 4 heteroatoms. The zero-order valence-electron chi connectivity index (χ0n) is 14.7. The van der Waals surface area contributed by atoms with Gasteiger partial charge in [0.25, 0.3) is 5.91 Å². The maximum Gasteiger partial charge on any atom is 0.306 e. The molecule has 1 unspecified atom stereocenters. The zero-order valence-corrected chi connectivity index (χ0v) is 10.7. The summed E-state index contributed by atoms with van der Waals surface area (Å²) in [6, 6.07) is 6.69. The van der Waals surface area contributed by atoms with E-state index in [1.165, 1.54) is 0 Å². The summed E-state index contributed by atoms with van der Waals surface area (Å²) in [7, 11) is 0. The van der Waals surface area contributed by atoms with Crippen LogP contribution in [0.5, 0.6) is 0 Å². The van der Waals surface area contributed by atoms with E-state index in [0.717, 1.165) is 16.9 Å². The molecule has 0 aliphatic carbocycles. The maximum absolute atomic E-state index is 12.6. The number of carboxylic acid groups (broad SMARTS) is 1. The molecule has 19 heavy (non-hydrogen) atoms. The topological polar surface area (TPSA) is 57.6 Å². The molecule has 0 spiro atoms. The van der Waals surface area contributed by atoms with Gasteiger partial charge >= 0.3 is 5.97 Å². The minimum Gasteiger partial charge on any atom is -0.481 e. The lowest BCUT2D eigenvalue weighted by molar-refractivity contribution is -0.143. The molecule has 1 atom stereocenters. The second kappa shape index (κ2) is 5.87. The Morgan fingerprint density at radius 3 is 2.68 bits per heavy atom. The lowest BCUT2D eigenvalue weighted by Gasteiger charge is -2.30. The predicted octanol–water partition coefficient (Wildman–Crippen LogP) is 2.19. The molecule has 4 nitrogen and oxygen atoms in total. The number of piperidine rings is 1. The molecule has 0 radical (unpaired) electrons. The molecule has 1 aromatic rings. The first kappa shape index (κ1) is 9.13. The predicted molar refractivity (Wildman–Crippen MR) is 72.1 cm³/mol. The number of amides is 1. The van der Waals surface area contributed by atoms with Gasteiger partial charge in [0.1, 0.15) is 0 Å².